The average molecular weight is 357 g/mol. The van der Waals surface area contributed by atoms with Gasteiger partial charge in [-0.1, -0.05) is 43.9 Å². The molecule has 6 heteroatoms. The monoisotopic (exact) mass is 357 g/mol. The van der Waals surface area contributed by atoms with Crippen molar-refractivity contribution >= 4 is 22.5 Å². The number of nitrogens with one attached hydrogen (secondary N) is 1. The first-order chi connectivity index (χ1) is 12.2. The molecule has 5 nitrogen and oxygen atoms in total. The minimum absolute atomic E-state index is 0.0319. The summed E-state index contributed by atoms with van der Waals surface area (Å²) in [7, 11) is -0.911. The molecule has 1 aromatic carbocycles. The van der Waals surface area contributed by atoms with E-state index < -0.39 is 10.8 Å². The molecule has 1 amide bonds. The number of carbonyl (C=O) groups excluding carboxylic acids is 1. The highest BCUT2D eigenvalue weighted by Crippen LogP contribution is 2.32. The van der Waals surface area contributed by atoms with E-state index in [-0.39, 0.29) is 5.91 Å². The molecule has 1 aromatic heterocycles. The number of fused-ring (bicyclic) bond motifs is 1. The van der Waals surface area contributed by atoms with Gasteiger partial charge in [-0.2, -0.15) is 5.10 Å². The zero-order chi connectivity index (χ0) is 17.2. The lowest BCUT2D eigenvalue weighted by Gasteiger charge is -2.12. The van der Waals surface area contributed by atoms with Crippen molar-refractivity contribution in [2.75, 3.05) is 5.32 Å². The third-order valence-corrected chi connectivity index (χ3v) is 6.39. The van der Waals surface area contributed by atoms with Crippen LogP contribution in [0.25, 0.3) is 5.69 Å². The lowest BCUT2D eigenvalue weighted by Crippen LogP contribution is -2.17. The Hall–Kier alpha value is -1.95. The summed E-state index contributed by atoms with van der Waals surface area (Å²) in [5.74, 6) is 2.37. The van der Waals surface area contributed by atoms with Gasteiger partial charge in [-0.25, -0.2) is 4.68 Å². The van der Waals surface area contributed by atoms with E-state index in [1.807, 2.05) is 30.3 Å². The van der Waals surface area contributed by atoms with Crippen LogP contribution < -0.4 is 5.32 Å². The maximum Gasteiger partial charge on any atom is 0.225 e. The topological polar surface area (TPSA) is 64.0 Å². The van der Waals surface area contributed by atoms with E-state index in [4.69, 9.17) is 0 Å². The van der Waals surface area contributed by atoms with E-state index in [1.54, 1.807) is 4.68 Å². The number of nitrogens with zero attached hydrogens (tertiary/aromatic N) is 2. The zero-order valence-corrected chi connectivity index (χ0v) is 15.1. The van der Waals surface area contributed by atoms with Crippen LogP contribution in [-0.4, -0.2) is 19.9 Å². The van der Waals surface area contributed by atoms with E-state index in [9.17, 15) is 9.00 Å². The van der Waals surface area contributed by atoms with E-state index in [0.29, 0.717) is 29.7 Å². The molecule has 0 saturated heterocycles. The minimum Gasteiger partial charge on any atom is -0.310 e. The van der Waals surface area contributed by atoms with Crippen LogP contribution in [-0.2, 0) is 27.1 Å². The van der Waals surface area contributed by atoms with E-state index >= 15 is 0 Å². The molecule has 1 fully saturated rings. The van der Waals surface area contributed by atoms with Gasteiger partial charge in [0.05, 0.1) is 22.9 Å². The Labute approximate surface area is 150 Å². The van der Waals surface area contributed by atoms with Crippen LogP contribution in [0.2, 0.25) is 0 Å². The van der Waals surface area contributed by atoms with Gasteiger partial charge in [-0.15, -0.1) is 0 Å². The van der Waals surface area contributed by atoms with Crippen molar-refractivity contribution in [3.8, 4) is 5.69 Å². The van der Waals surface area contributed by atoms with Gasteiger partial charge in [-0.3, -0.25) is 9.00 Å². The molecule has 1 N–H and O–H groups in total. The van der Waals surface area contributed by atoms with Gasteiger partial charge in [0.25, 0.3) is 0 Å². The van der Waals surface area contributed by atoms with E-state index in [2.05, 4.69) is 10.4 Å². The van der Waals surface area contributed by atoms with E-state index in [0.717, 1.165) is 23.4 Å². The second kappa shape index (κ2) is 7.12. The molecular formula is C19H23N3O2S. The third-order valence-electron chi connectivity index (χ3n) is 5.18. The van der Waals surface area contributed by atoms with Crippen LogP contribution in [0.5, 0.6) is 0 Å². The fourth-order valence-electron chi connectivity index (χ4n) is 3.84. The van der Waals surface area contributed by atoms with Crippen molar-refractivity contribution in [2.45, 2.75) is 50.0 Å². The molecule has 1 atom stereocenters. The van der Waals surface area contributed by atoms with Crippen molar-refractivity contribution in [3.05, 3.63) is 41.6 Å². The largest absolute Gasteiger partial charge is 0.310 e. The Morgan fingerprint density at radius 3 is 2.72 bits per heavy atom. The van der Waals surface area contributed by atoms with Gasteiger partial charge < -0.3 is 5.32 Å². The third kappa shape index (κ3) is 3.54. The molecule has 0 bridgehead atoms. The molecule has 1 aliphatic carbocycles. The van der Waals surface area contributed by atoms with Gasteiger partial charge in [0, 0.05) is 22.8 Å². The summed E-state index contributed by atoms with van der Waals surface area (Å²) in [5.41, 5.74) is 2.68. The summed E-state index contributed by atoms with van der Waals surface area (Å²) in [6, 6.07) is 9.79. The molecule has 0 radical (unpaired) electrons. The Balaban J connectivity index is 1.55. The van der Waals surface area contributed by atoms with Crippen molar-refractivity contribution in [3.63, 3.8) is 0 Å². The predicted octanol–water partition coefficient (Wildman–Crippen LogP) is 3.54. The van der Waals surface area contributed by atoms with Gasteiger partial charge >= 0.3 is 0 Å². The highest BCUT2D eigenvalue weighted by molar-refractivity contribution is 7.83. The Morgan fingerprint density at radius 1 is 1.20 bits per heavy atom. The van der Waals surface area contributed by atoms with Crippen LogP contribution >= 0.6 is 0 Å². The van der Waals surface area contributed by atoms with Gasteiger partial charge in [0.1, 0.15) is 5.82 Å². The molecule has 132 valence electrons. The number of benzene rings is 1. The number of anilines is 1. The fraction of sp³-hybridized carbons (Fsp3) is 0.474. The van der Waals surface area contributed by atoms with Crippen molar-refractivity contribution in [2.24, 2.45) is 5.92 Å². The molecule has 1 saturated carbocycles. The molecular weight excluding hydrogens is 334 g/mol. The van der Waals surface area contributed by atoms with Gasteiger partial charge in [-0.05, 0) is 24.5 Å². The number of hydrogen-bond donors (Lipinski definition) is 1. The molecule has 0 spiro atoms. The van der Waals surface area contributed by atoms with Gasteiger partial charge in [0.2, 0.25) is 5.91 Å². The summed E-state index contributed by atoms with van der Waals surface area (Å²) >= 11 is 0. The normalized spacial score (nSPS) is 19.9. The standard InChI is InChI=1S/C19H23N3O2S/c23-18(11-10-14-6-4-5-7-14)20-19-16-12-25(24)13-17(16)21-22(19)15-8-2-1-3-9-15/h1-3,8-9,14H,4-7,10-13H2,(H,20,23)/t25-/m1/s1. The van der Waals surface area contributed by atoms with Gasteiger partial charge in [0.15, 0.2) is 0 Å². The summed E-state index contributed by atoms with van der Waals surface area (Å²) in [4.78, 5) is 12.5. The lowest BCUT2D eigenvalue weighted by molar-refractivity contribution is -0.116. The summed E-state index contributed by atoms with van der Waals surface area (Å²) in [6.07, 6.45) is 6.61. The Kier molecular flexibility index (Phi) is 4.70. The molecule has 0 unspecified atom stereocenters. The number of carbonyl (C=O) groups is 1. The molecule has 2 aromatic rings. The number of para-hydroxylation sites is 1. The number of aromatic nitrogens is 2. The molecule has 2 aliphatic rings. The first kappa shape index (κ1) is 16.5. The van der Waals surface area contributed by atoms with Crippen LogP contribution in [0, 0.1) is 5.92 Å². The van der Waals surface area contributed by atoms with Crippen LogP contribution in [0.1, 0.15) is 49.8 Å². The molecule has 4 rings (SSSR count). The zero-order valence-electron chi connectivity index (χ0n) is 14.2. The highest BCUT2D eigenvalue weighted by atomic mass is 32.2. The van der Waals surface area contributed by atoms with Crippen molar-refractivity contribution < 1.29 is 9.00 Å². The molecule has 1 aliphatic heterocycles. The second-order valence-electron chi connectivity index (χ2n) is 6.99. The number of hydrogen-bond acceptors (Lipinski definition) is 3. The summed E-state index contributed by atoms with van der Waals surface area (Å²) in [5, 5.41) is 7.67. The predicted molar refractivity (Wildman–Crippen MR) is 98.9 cm³/mol. The van der Waals surface area contributed by atoms with Crippen LogP contribution in [0.4, 0.5) is 5.82 Å². The SMILES string of the molecule is O=C(CCC1CCCC1)Nc1c2c(nn1-c1ccccc1)C[S@](=O)C2. The quantitative estimate of drug-likeness (QED) is 0.890. The first-order valence-electron chi connectivity index (χ1n) is 9.02. The summed E-state index contributed by atoms with van der Waals surface area (Å²) < 4.78 is 13.7. The minimum atomic E-state index is -0.911. The summed E-state index contributed by atoms with van der Waals surface area (Å²) in [6.45, 7) is 0. The molecule has 25 heavy (non-hydrogen) atoms. The van der Waals surface area contributed by atoms with Crippen molar-refractivity contribution in [1.82, 2.24) is 9.78 Å². The van der Waals surface area contributed by atoms with Crippen molar-refractivity contribution in [1.29, 1.82) is 0 Å². The van der Waals surface area contributed by atoms with Crippen LogP contribution in [0.15, 0.2) is 30.3 Å². The lowest BCUT2D eigenvalue weighted by atomic mass is 10.0. The van der Waals surface area contributed by atoms with Crippen LogP contribution in [0.3, 0.4) is 0 Å². The smallest absolute Gasteiger partial charge is 0.225 e. The Morgan fingerprint density at radius 2 is 1.96 bits per heavy atom. The molecule has 2 heterocycles. The number of rotatable bonds is 5. The second-order valence-corrected chi connectivity index (χ2v) is 8.44. The fourth-order valence-corrected chi connectivity index (χ4v) is 5.11. The maximum atomic E-state index is 12.5. The maximum absolute atomic E-state index is 12.5. The first-order valence-corrected chi connectivity index (χ1v) is 10.5. The van der Waals surface area contributed by atoms with E-state index in [1.165, 1.54) is 25.7 Å². The highest BCUT2D eigenvalue weighted by Gasteiger charge is 2.28. The number of amides is 1. The average Bonchev–Trinajstić information content (AvgIpc) is 3.32. The Bertz CT molecular complexity index is 795.